The Morgan fingerprint density at radius 3 is 1.91 bits per heavy atom. The Morgan fingerprint density at radius 1 is 0.955 bits per heavy atom. The Hall–Kier alpha value is -0.830. The number of esters is 1. The molecule has 1 aliphatic rings. The molecule has 2 atom stereocenters. The molecule has 1 fully saturated rings. The third-order valence-electron chi connectivity index (χ3n) is 4.46. The fourth-order valence-corrected chi connectivity index (χ4v) is 2.95. The molecule has 0 radical (unpaired) electrons. The van der Waals surface area contributed by atoms with Gasteiger partial charge in [0.05, 0.1) is 5.57 Å². The van der Waals surface area contributed by atoms with E-state index in [1.165, 1.54) is 64.2 Å². The van der Waals surface area contributed by atoms with Crippen LogP contribution in [0.25, 0.3) is 0 Å². The highest BCUT2D eigenvalue weighted by atomic mass is 16.6. The van der Waals surface area contributed by atoms with E-state index in [-0.39, 0.29) is 5.97 Å². The molecule has 0 saturated carbocycles. The number of allylic oxidation sites excluding steroid dienone is 1. The van der Waals surface area contributed by atoms with Crippen molar-refractivity contribution in [3.63, 3.8) is 0 Å². The number of ether oxygens (including phenoxy) is 1. The van der Waals surface area contributed by atoms with Crippen LogP contribution in [-0.2, 0) is 9.53 Å². The standard InChI is InChI=1S/C19H34O3/c1-3-4-5-6-7-8-9-10-11-12-13-14-15-17-18(20)16(2)22-19(17)21/h15-16,18,20H,3-14H2,1-2H3/b17-15+/t16-,18-/m1/s1. The summed E-state index contributed by atoms with van der Waals surface area (Å²) in [4.78, 5) is 11.5. The molecule has 22 heavy (non-hydrogen) atoms. The molecule has 1 saturated heterocycles. The van der Waals surface area contributed by atoms with E-state index in [0.717, 1.165) is 12.8 Å². The number of hydrogen-bond acceptors (Lipinski definition) is 3. The van der Waals surface area contributed by atoms with Crippen molar-refractivity contribution < 1.29 is 14.6 Å². The first-order chi connectivity index (χ1) is 10.7. The van der Waals surface area contributed by atoms with Crippen LogP contribution < -0.4 is 0 Å². The molecule has 1 rings (SSSR count). The maximum absolute atomic E-state index is 11.5. The van der Waals surface area contributed by atoms with Gasteiger partial charge in [0.1, 0.15) is 12.2 Å². The van der Waals surface area contributed by atoms with Crippen LogP contribution in [0.15, 0.2) is 11.6 Å². The lowest BCUT2D eigenvalue weighted by atomic mass is 10.0. The van der Waals surface area contributed by atoms with Crippen LogP contribution in [0.2, 0.25) is 0 Å². The summed E-state index contributed by atoms with van der Waals surface area (Å²) in [7, 11) is 0. The van der Waals surface area contributed by atoms with Gasteiger partial charge in [0.2, 0.25) is 0 Å². The largest absolute Gasteiger partial charge is 0.456 e. The number of unbranched alkanes of at least 4 members (excludes halogenated alkanes) is 11. The van der Waals surface area contributed by atoms with Gasteiger partial charge in [-0.1, -0.05) is 77.2 Å². The summed E-state index contributed by atoms with van der Waals surface area (Å²) < 4.78 is 4.99. The first kappa shape index (κ1) is 19.2. The molecule has 1 aliphatic heterocycles. The van der Waals surface area contributed by atoms with Crippen molar-refractivity contribution in [2.24, 2.45) is 0 Å². The molecule has 0 unspecified atom stereocenters. The third kappa shape index (κ3) is 7.44. The van der Waals surface area contributed by atoms with E-state index < -0.39 is 12.2 Å². The summed E-state index contributed by atoms with van der Waals surface area (Å²) in [6, 6.07) is 0. The van der Waals surface area contributed by atoms with Gasteiger partial charge in [-0.15, -0.1) is 0 Å². The molecule has 0 spiro atoms. The molecule has 0 aliphatic carbocycles. The maximum atomic E-state index is 11.5. The summed E-state index contributed by atoms with van der Waals surface area (Å²) in [5, 5.41) is 9.79. The number of carbonyl (C=O) groups is 1. The Bertz CT molecular complexity index is 336. The van der Waals surface area contributed by atoms with Gasteiger partial charge in [0, 0.05) is 0 Å². The second kappa shape index (κ2) is 11.7. The zero-order chi connectivity index (χ0) is 16.2. The van der Waals surface area contributed by atoms with Gasteiger partial charge in [-0.05, 0) is 19.8 Å². The SMILES string of the molecule is CCCCCCCCCCCCC/C=C1/C(=O)O[C@H](C)[C@H]1O. The Balaban J connectivity index is 1.93. The van der Waals surface area contributed by atoms with Gasteiger partial charge < -0.3 is 9.84 Å². The highest BCUT2D eigenvalue weighted by Crippen LogP contribution is 2.22. The first-order valence-electron chi connectivity index (χ1n) is 9.26. The monoisotopic (exact) mass is 310 g/mol. The van der Waals surface area contributed by atoms with Crippen LogP contribution >= 0.6 is 0 Å². The van der Waals surface area contributed by atoms with Crippen LogP contribution in [-0.4, -0.2) is 23.3 Å². The van der Waals surface area contributed by atoms with Crippen LogP contribution in [0.3, 0.4) is 0 Å². The molecule has 0 bridgehead atoms. The van der Waals surface area contributed by atoms with Crippen molar-refractivity contribution in [3.8, 4) is 0 Å². The molecule has 0 aromatic heterocycles. The molecular formula is C19H34O3. The summed E-state index contributed by atoms with van der Waals surface area (Å²) in [5.41, 5.74) is 0.458. The second-order valence-electron chi connectivity index (χ2n) is 6.54. The van der Waals surface area contributed by atoms with Crippen LogP contribution in [0, 0.1) is 0 Å². The number of cyclic esters (lactones) is 1. The van der Waals surface area contributed by atoms with E-state index in [4.69, 9.17) is 4.74 Å². The molecular weight excluding hydrogens is 276 g/mol. The van der Waals surface area contributed by atoms with Crippen molar-refractivity contribution in [3.05, 3.63) is 11.6 Å². The smallest absolute Gasteiger partial charge is 0.336 e. The van der Waals surface area contributed by atoms with Crippen molar-refractivity contribution in [2.45, 2.75) is 103 Å². The van der Waals surface area contributed by atoms with Crippen molar-refractivity contribution >= 4 is 5.97 Å². The fourth-order valence-electron chi connectivity index (χ4n) is 2.95. The van der Waals surface area contributed by atoms with E-state index in [9.17, 15) is 9.90 Å². The summed E-state index contributed by atoms with van der Waals surface area (Å²) in [6.07, 6.45) is 16.1. The zero-order valence-electron chi connectivity index (χ0n) is 14.5. The molecule has 0 aromatic rings. The number of aliphatic hydroxyl groups is 1. The maximum Gasteiger partial charge on any atom is 0.336 e. The highest BCUT2D eigenvalue weighted by Gasteiger charge is 2.34. The zero-order valence-corrected chi connectivity index (χ0v) is 14.5. The van der Waals surface area contributed by atoms with Gasteiger partial charge in [-0.2, -0.15) is 0 Å². The number of hydrogen-bond donors (Lipinski definition) is 1. The van der Waals surface area contributed by atoms with E-state index >= 15 is 0 Å². The summed E-state index contributed by atoms with van der Waals surface area (Å²) in [5.74, 6) is -0.344. The van der Waals surface area contributed by atoms with Crippen LogP contribution in [0.4, 0.5) is 0 Å². The van der Waals surface area contributed by atoms with Gasteiger partial charge in [0.25, 0.3) is 0 Å². The Kier molecular flexibility index (Phi) is 10.2. The highest BCUT2D eigenvalue weighted by molar-refractivity contribution is 5.92. The van der Waals surface area contributed by atoms with Gasteiger partial charge in [-0.25, -0.2) is 4.79 Å². The van der Waals surface area contributed by atoms with E-state index in [1.807, 2.05) is 6.08 Å². The quantitative estimate of drug-likeness (QED) is 0.316. The minimum Gasteiger partial charge on any atom is -0.456 e. The Labute approximate surface area is 136 Å². The molecule has 1 N–H and O–H groups in total. The molecule has 3 heteroatoms. The van der Waals surface area contributed by atoms with Crippen molar-refractivity contribution in [1.82, 2.24) is 0 Å². The topological polar surface area (TPSA) is 46.5 Å². The fraction of sp³-hybridized carbons (Fsp3) is 0.842. The van der Waals surface area contributed by atoms with Crippen LogP contribution in [0.5, 0.6) is 0 Å². The lowest BCUT2D eigenvalue weighted by Crippen LogP contribution is -2.17. The lowest BCUT2D eigenvalue weighted by Gasteiger charge is -2.04. The Morgan fingerprint density at radius 2 is 1.45 bits per heavy atom. The van der Waals surface area contributed by atoms with Gasteiger partial charge in [0.15, 0.2) is 0 Å². The average molecular weight is 310 g/mol. The van der Waals surface area contributed by atoms with Crippen LogP contribution in [0.1, 0.15) is 90.9 Å². The molecule has 0 aromatic carbocycles. The predicted molar refractivity (Wildman–Crippen MR) is 90.7 cm³/mol. The van der Waals surface area contributed by atoms with E-state index in [0.29, 0.717) is 5.57 Å². The predicted octanol–water partition coefficient (Wildman–Crippen LogP) is 4.92. The average Bonchev–Trinajstić information content (AvgIpc) is 2.74. The minimum absolute atomic E-state index is 0.344. The number of aliphatic hydroxyl groups excluding tert-OH is 1. The molecule has 1 heterocycles. The third-order valence-corrected chi connectivity index (χ3v) is 4.46. The van der Waals surface area contributed by atoms with Gasteiger partial charge >= 0.3 is 5.97 Å². The first-order valence-corrected chi connectivity index (χ1v) is 9.26. The summed E-state index contributed by atoms with van der Waals surface area (Å²) in [6.45, 7) is 3.98. The normalized spacial score (nSPS) is 23.2. The summed E-state index contributed by atoms with van der Waals surface area (Å²) >= 11 is 0. The van der Waals surface area contributed by atoms with Crippen molar-refractivity contribution in [2.75, 3.05) is 0 Å². The number of carbonyl (C=O) groups excluding carboxylic acids is 1. The lowest BCUT2D eigenvalue weighted by molar-refractivity contribution is -0.138. The van der Waals surface area contributed by atoms with Crippen molar-refractivity contribution in [1.29, 1.82) is 0 Å². The van der Waals surface area contributed by atoms with E-state index in [1.54, 1.807) is 6.92 Å². The van der Waals surface area contributed by atoms with E-state index in [2.05, 4.69) is 6.92 Å². The molecule has 3 nitrogen and oxygen atoms in total. The molecule has 0 amide bonds. The molecule has 128 valence electrons. The second-order valence-corrected chi connectivity index (χ2v) is 6.54. The number of rotatable bonds is 12. The minimum atomic E-state index is -0.736. The van der Waals surface area contributed by atoms with Gasteiger partial charge in [-0.3, -0.25) is 0 Å².